The van der Waals surface area contributed by atoms with E-state index in [9.17, 15) is 14.4 Å². The molecule has 0 saturated carbocycles. The predicted octanol–water partition coefficient (Wildman–Crippen LogP) is 3.36. The molecule has 0 aromatic heterocycles. The Morgan fingerprint density at radius 3 is 2.50 bits per heavy atom. The predicted molar refractivity (Wildman–Crippen MR) is 114 cm³/mol. The lowest BCUT2D eigenvalue weighted by atomic mass is 9.91. The van der Waals surface area contributed by atoms with E-state index in [0.29, 0.717) is 17.0 Å². The van der Waals surface area contributed by atoms with E-state index in [1.54, 1.807) is 19.1 Å². The number of urea groups is 1. The molecular weight excluding hydrogens is 382 g/mol. The summed E-state index contributed by atoms with van der Waals surface area (Å²) >= 11 is 0. The molecule has 0 unspecified atom stereocenters. The van der Waals surface area contributed by atoms with Gasteiger partial charge in [-0.3, -0.25) is 14.5 Å². The molecule has 1 saturated heterocycles. The maximum atomic E-state index is 13.1. The van der Waals surface area contributed by atoms with Gasteiger partial charge in [0.1, 0.15) is 17.8 Å². The summed E-state index contributed by atoms with van der Waals surface area (Å²) in [7, 11) is 1.51. The van der Waals surface area contributed by atoms with E-state index in [4.69, 9.17) is 4.74 Å². The van der Waals surface area contributed by atoms with E-state index in [1.807, 2.05) is 37.3 Å². The van der Waals surface area contributed by atoms with Crippen LogP contribution in [-0.2, 0) is 21.5 Å². The van der Waals surface area contributed by atoms with Crippen molar-refractivity contribution in [3.05, 3.63) is 59.2 Å². The average molecular weight is 409 g/mol. The van der Waals surface area contributed by atoms with Crippen LogP contribution < -0.4 is 15.4 Å². The lowest BCUT2D eigenvalue weighted by Gasteiger charge is -2.22. The molecule has 0 radical (unpaired) electrons. The lowest BCUT2D eigenvalue weighted by Crippen LogP contribution is -2.42. The minimum Gasteiger partial charge on any atom is -0.495 e. The fourth-order valence-corrected chi connectivity index (χ4v) is 3.58. The second-order valence-corrected chi connectivity index (χ2v) is 7.65. The van der Waals surface area contributed by atoms with Crippen molar-refractivity contribution >= 4 is 23.5 Å². The summed E-state index contributed by atoms with van der Waals surface area (Å²) in [5, 5.41) is 5.45. The van der Waals surface area contributed by atoms with Crippen molar-refractivity contribution in [3.8, 4) is 5.75 Å². The van der Waals surface area contributed by atoms with Crippen molar-refractivity contribution in [1.29, 1.82) is 0 Å². The third-order valence-electron chi connectivity index (χ3n) is 5.28. The summed E-state index contributed by atoms with van der Waals surface area (Å²) < 4.78 is 5.26. The van der Waals surface area contributed by atoms with Crippen molar-refractivity contribution < 1.29 is 19.1 Å². The number of carbonyl (C=O) groups excluding carboxylic acids is 3. The second kappa shape index (κ2) is 8.57. The lowest BCUT2D eigenvalue weighted by molar-refractivity contribution is -0.133. The number of imide groups is 1. The summed E-state index contributed by atoms with van der Waals surface area (Å²) in [4.78, 5) is 39.1. The molecule has 0 bridgehead atoms. The summed E-state index contributed by atoms with van der Waals surface area (Å²) in [6.07, 6.45) is 1.98. The van der Waals surface area contributed by atoms with E-state index in [-0.39, 0.29) is 6.54 Å². The minimum atomic E-state index is -1.21. The summed E-state index contributed by atoms with van der Waals surface area (Å²) in [6.45, 7) is 5.27. The van der Waals surface area contributed by atoms with E-state index in [2.05, 4.69) is 17.6 Å². The second-order valence-electron chi connectivity index (χ2n) is 7.65. The van der Waals surface area contributed by atoms with Crippen LogP contribution in [0.3, 0.4) is 0 Å². The van der Waals surface area contributed by atoms with E-state index in [1.165, 1.54) is 12.7 Å². The van der Waals surface area contributed by atoms with E-state index >= 15 is 0 Å². The number of hydrogen-bond donors (Lipinski definition) is 2. The van der Waals surface area contributed by atoms with Gasteiger partial charge in [-0.05, 0) is 49.1 Å². The first-order chi connectivity index (χ1) is 14.3. The largest absolute Gasteiger partial charge is 0.495 e. The number of anilines is 1. The first-order valence-corrected chi connectivity index (χ1v) is 9.96. The van der Waals surface area contributed by atoms with Crippen LogP contribution in [0.5, 0.6) is 5.75 Å². The molecule has 4 amide bonds. The third kappa shape index (κ3) is 4.15. The number of hydrogen-bond acceptors (Lipinski definition) is 4. The Balaban J connectivity index is 1.74. The number of methoxy groups -OCH3 is 1. The molecular formula is C23H27N3O4. The van der Waals surface area contributed by atoms with Crippen molar-refractivity contribution in [1.82, 2.24) is 10.2 Å². The van der Waals surface area contributed by atoms with Gasteiger partial charge in [0, 0.05) is 0 Å². The van der Waals surface area contributed by atoms with Gasteiger partial charge in [-0.1, -0.05) is 43.7 Å². The minimum absolute atomic E-state index is 0.384. The molecule has 2 aromatic carbocycles. The number of carbonyl (C=O) groups is 3. The monoisotopic (exact) mass is 409 g/mol. The van der Waals surface area contributed by atoms with Crippen molar-refractivity contribution in [3.63, 3.8) is 0 Å². The Kier molecular flexibility index (Phi) is 6.10. The van der Waals surface area contributed by atoms with Crippen LogP contribution in [0.15, 0.2) is 42.5 Å². The molecule has 0 spiro atoms. The smallest absolute Gasteiger partial charge is 0.325 e. The summed E-state index contributed by atoms with van der Waals surface area (Å²) in [6, 6.07) is 12.4. The molecule has 7 heteroatoms. The molecule has 1 aliphatic heterocycles. The Labute approximate surface area is 176 Å². The van der Waals surface area contributed by atoms with Crippen LogP contribution in [0.2, 0.25) is 0 Å². The number of benzene rings is 2. The van der Waals surface area contributed by atoms with Gasteiger partial charge in [-0.15, -0.1) is 0 Å². The van der Waals surface area contributed by atoms with Crippen molar-refractivity contribution in [2.75, 3.05) is 19.0 Å². The number of nitrogens with zero attached hydrogens (tertiary/aromatic N) is 1. The van der Waals surface area contributed by atoms with Crippen LogP contribution in [-0.4, -0.2) is 36.4 Å². The first-order valence-electron chi connectivity index (χ1n) is 9.96. The normalized spacial score (nSPS) is 18.3. The topological polar surface area (TPSA) is 87.7 Å². The molecule has 1 heterocycles. The van der Waals surface area contributed by atoms with Crippen LogP contribution in [0, 0.1) is 6.92 Å². The van der Waals surface area contributed by atoms with Gasteiger partial charge < -0.3 is 15.4 Å². The highest BCUT2D eigenvalue weighted by Gasteiger charge is 2.49. The van der Waals surface area contributed by atoms with E-state index in [0.717, 1.165) is 23.3 Å². The number of aryl methyl sites for hydroxylation is 2. The zero-order valence-corrected chi connectivity index (χ0v) is 17.7. The van der Waals surface area contributed by atoms with Crippen LogP contribution in [0.4, 0.5) is 10.5 Å². The Morgan fingerprint density at radius 2 is 1.87 bits per heavy atom. The van der Waals surface area contributed by atoms with Crippen LogP contribution in [0.25, 0.3) is 0 Å². The molecule has 1 fully saturated rings. The Hall–Kier alpha value is -3.35. The SMILES string of the molecule is CCCc1ccc([C@@]2(C)NC(=O)N(CC(=O)Nc3cc(C)ccc3OC)C2=O)cc1. The van der Waals surface area contributed by atoms with Gasteiger partial charge in [-0.2, -0.15) is 0 Å². The molecule has 2 aromatic rings. The number of rotatable bonds is 7. The number of nitrogens with one attached hydrogen (secondary N) is 2. The highest BCUT2D eigenvalue weighted by atomic mass is 16.5. The number of amides is 4. The summed E-state index contributed by atoms with van der Waals surface area (Å²) in [5.74, 6) is -0.435. The van der Waals surface area contributed by atoms with Crippen molar-refractivity contribution in [2.24, 2.45) is 0 Å². The molecule has 3 rings (SSSR count). The molecule has 7 nitrogen and oxygen atoms in total. The van der Waals surface area contributed by atoms with Gasteiger partial charge in [0.15, 0.2) is 0 Å². The van der Waals surface area contributed by atoms with E-state index < -0.39 is 23.4 Å². The molecule has 1 aliphatic rings. The highest BCUT2D eigenvalue weighted by molar-refractivity contribution is 6.10. The molecule has 0 aliphatic carbocycles. The third-order valence-corrected chi connectivity index (χ3v) is 5.28. The zero-order valence-electron chi connectivity index (χ0n) is 17.7. The van der Waals surface area contributed by atoms with Gasteiger partial charge in [-0.25, -0.2) is 4.79 Å². The molecule has 158 valence electrons. The quantitative estimate of drug-likeness (QED) is 0.687. The van der Waals surface area contributed by atoms with Crippen molar-refractivity contribution in [2.45, 2.75) is 39.2 Å². The van der Waals surface area contributed by atoms with Crippen LogP contribution in [0.1, 0.15) is 37.0 Å². The first kappa shape index (κ1) is 21.4. The van der Waals surface area contributed by atoms with Crippen LogP contribution >= 0.6 is 0 Å². The van der Waals surface area contributed by atoms with Gasteiger partial charge in [0.2, 0.25) is 5.91 Å². The zero-order chi connectivity index (χ0) is 21.9. The maximum absolute atomic E-state index is 13.1. The molecule has 30 heavy (non-hydrogen) atoms. The average Bonchev–Trinajstić information content (AvgIpc) is 2.93. The van der Waals surface area contributed by atoms with Gasteiger partial charge in [0.05, 0.1) is 12.8 Å². The molecule has 1 atom stereocenters. The molecule has 2 N–H and O–H groups in total. The fourth-order valence-electron chi connectivity index (χ4n) is 3.58. The van der Waals surface area contributed by atoms with Gasteiger partial charge in [0.25, 0.3) is 5.91 Å². The fraction of sp³-hybridized carbons (Fsp3) is 0.348. The van der Waals surface area contributed by atoms with Gasteiger partial charge >= 0.3 is 6.03 Å². The standard InChI is InChI=1S/C23H27N3O4/c1-5-6-16-8-10-17(11-9-16)23(3)21(28)26(22(29)25-23)14-20(27)24-18-13-15(2)7-12-19(18)30-4/h7-13H,5-6,14H2,1-4H3,(H,24,27)(H,25,29)/t23-/m1/s1. The highest BCUT2D eigenvalue weighted by Crippen LogP contribution is 2.30. The number of ether oxygens (including phenoxy) is 1. The Bertz CT molecular complexity index is 971. The Morgan fingerprint density at radius 1 is 1.17 bits per heavy atom. The summed E-state index contributed by atoms with van der Waals surface area (Å²) in [5.41, 5.74) is 2.08. The maximum Gasteiger partial charge on any atom is 0.325 e.